The van der Waals surface area contributed by atoms with Gasteiger partial charge in [0.1, 0.15) is 12.4 Å². The average molecular weight is 425 g/mol. The van der Waals surface area contributed by atoms with Crippen LogP contribution in [0.1, 0.15) is 46.0 Å². The van der Waals surface area contributed by atoms with Crippen LogP contribution in [0.5, 0.6) is 5.75 Å². The van der Waals surface area contributed by atoms with Crippen molar-refractivity contribution in [3.63, 3.8) is 0 Å². The van der Waals surface area contributed by atoms with Crippen molar-refractivity contribution in [3.05, 3.63) is 81.8 Å². The molecule has 0 fully saturated rings. The van der Waals surface area contributed by atoms with Crippen molar-refractivity contribution in [1.29, 1.82) is 0 Å². The molecule has 0 saturated heterocycles. The van der Waals surface area contributed by atoms with Crippen molar-refractivity contribution >= 4 is 23.2 Å². The summed E-state index contributed by atoms with van der Waals surface area (Å²) in [6.07, 6.45) is 0.0585. The Balaban J connectivity index is 1.69. The number of benzene rings is 2. The highest BCUT2D eigenvalue weighted by Crippen LogP contribution is 2.20. The molecule has 30 heavy (non-hydrogen) atoms. The van der Waals surface area contributed by atoms with Crippen molar-refractivity contribution < 1.29 is 19.1 Å². The fraction of sp³-hybridized carbons (Fsp3) is 0.261. The third kappa shape index (κ3) is 6.15. The van der Waals surface area contributed by atoms with Crippen molar-refractivity contribution in [2.75, 3.05) is 6.61 Å². The molecular weight excluding hydrogens is 400 g/mol. The van der Waals surface area contributed by atoms with Gasteiger partial charge >= 0.3 is 5.97 Å². The second kappa shape index (κ2) is 10.5. The number of ether oxygens (including phenoxy) is 2. The minimum Gasteiger partial charge on any atom is -0.487 e. The number of hydrogen-bond donors (Lipinski definition) is 1. The average Bonchev–Trinajstić information content (AvgIpc) is 3.18. The number of carbonyl (C=O) groups is 2. The van der Waals surface area contributed by atoms with Gasteiger partial charge in [-0.3, -0.25) is 9.59 Å². The van der Waals surface area contributed by atoms with Gasteiger partial charge in [0.05, 0.1) is 29.8 Å². The summed E-state index contributed by atoms with van der Waals surface area (Å²) >= 11 is 1.57. The van der Waals surface area contributed by atoms with E-state index in [1.54, 1.807) is 42.5 Å². The number of carbonyl (C=O) groups excluding carboxylic acids is 2. The number of amides is 1. The molecule has 0 aliphatic rings. The number of esters is 1. The lowest BCUT2D eigenvalue weighted by Crippen LogP contribution is -2.30. The van der Waals surface area contributed by atoms with E-state index < -0.39 is 6.04 Å². The molecule has 0 bridgehead atoms. The molecule has 1 atom stereocenters. The molecule has 7 heteroatoms. The first-order valence-electron chi connectivity index (χ1n) is 9.70. The first-order valence-corrected chi connectivity index (χ1v) is 10.6. The second-order valence-corrected chi connectivity index (χ2v) is 7.68. The third-order valence-corrected chi connectivity index (χ3v) is 5.16. The first-order chi connectivity index (χ1) is 14.5. The molecule has 1 amide bonds. The molecule has 0 radical (unpaired) electrons. The Kier molecular flexibility index (Phi) is 7.57. The van der Waals surface area contributed by atoms with Crippen LogP contribution in [-0.4, -0.2) is 23.5 Å². The Hall–Kier alpha value is -3.19. The molecule has 0 saturated carbocycles. The van der Waals surface area contributed by atoms with Crippen LogP contribution in [0.4, 0.5) is 0 Å². The van der Waals surface area contributed by atoms with Gasteiger partial charge in [-0.2, -0.15) is 0 Å². The fourth-order valence-corrected chi connectivity index (χ4v) is 3.52. The molecule has 3 rings (SSSR count). The van der Waals surface area contributed by atoms with E-state index in [1.807, 2.05) is 42.6 Å². The quantitative estimate of drug-likeness (QED) is 0.513. The summed E-state index contributed by atoms with van der Waals surface area (Å²) in [7, 11) is 0. The topological polar surface area (TPSA) is 77.5 Å². The zero-order chi connectivity index (χ0) is 21.3. The standard InChI is InChI=1S/C23H24N2O4S/c1-3-28-22(26)13-21(17-8-5-4-6-9-17)25-23(27)18-10-7-11-20(12-18)29-14-19-15-30-16(2)24-19/h4-12,15,21H,3,13-14H2,1-2H3,(H,25,27). The third-order valence-electron chi connectivity index (χ3n) is 4.33. The Morgan fingerprint density at radius 1 is 1.13 bits per heavy atom. The van der Waals surface area contributed by atoms with Crippen LogP contribution in [0.3, 0.4) is 0 Å². The highest BCUT2D eigenvalue weighted by atomic mass is 32.1. The Labute approximate surface area is 179 Å². The van der Waals surface area contributed by atoms with E-state index in [0.29, 0.717) is 24.5 Å². The monoisotopic (exact) mass is 424 g/mol. The van der Waals surface area contributed by atoms with Gasteiger partial charge in [-0.15, -0.1) is 11.3 Å². The zero-order valence-corrected chi connectivity index (χ0v) is 17.8. The first kappa shape index (κ1) is 21.5. The molecule has 1 unspecified atom stereocenters. The molecule has 1 N–H and O–H groups in total. The lowest BCUT2D eigenvalue weighted by molar-refractivity contribution is -0.143. The van der Waals surface area contributed by atoms with E-state index in [2.05, 4.69) is 10.3 Å². The maximum Gasteiger partial charge on any atom is 0.308 e. The fourth-order valence-electron chi connectivity index (χ4n) is 2.92. The summed E-state index contributed by atoms with van der Waals surface area (Å²) in [5.74, 6) is -0.0691. The predicted octanol–water partition coefficient (Wildman–Crippen LogP) is 4.45. The molecule has 2 aromatic carbocycles. The summed E-state index contributed by atoms with van der Waals surface area (Å²) in [5.41, 5.74) is 2.14. The van der Waals surface area contributed by atoms with E-state index in [-0.39, 0.29) is 18.3 Å². The molecule has 1 heterocycles. The van der Waals surface area contributed by atoms with Gasteiger partial charge in [0.2, 0.25) is 0 Å². The highest BCUT2D eigenvalue weighted by Gasteiger charge is 2.20. The Morgan fingerprint density at radius 3 is 2.63 bits per heavy atom. The minimum atomic E-state index is -0.486. The second-order valence-electron chi connectivity index (χ2n) is 6.62. The van der Waals surface area contributed by atoms with Gasteiger partial charge in [0.15, 0.2) is 0 Å². The summed E-state index contributed by atoms with van der Waals surface area (Å²) < 4.78 is 10.8. The molecule has 0 aliphatic heterocycles. The van der Waals surface area contributed by atoms with Crippen molar-refractivity contribution in [3.8, 4) is 5.75 Å². The number of thiazole rings is 1. The van der Waals surface area contributed by atoms with Crippen LogP contribution in [-0.2, 0) is 16.1 Å². The van der Waals surface area contributed by atoms with Gasteiger partial charge in [-0.05, 0) is 37.6 Å². The summed E-state index contributed by atoms with van der Waals surface area (Å²) in [6.45, 7) is 4.34. The number of aryl methyl sites for hydroxylation is 1. The van der Waals surface area contributed by atoms with Crippen molar-refractivity contribution in [2.45, 2.75) is 32.9 Å². The van der Waals surface area contributed by atoms with E-state index in [4.69, 9.17) is 9.47 Å². The minimum absolute atomic E-state index is 0.0585. The molecule has 6 nitrogen and oxygen atoms in total. The van der Waals surface area contributed by atoms with Crippen LogP contribution in [0.2, 0.25) is 0 Å². The number of hydrogen-bond acceptors (Lipinski definition) is 6. The van der Waals surface area contributed by atoms with Crippen LogP contribution < -0.4 is 10.1 Å². The van der Waals surface area contributed by atoms with E-state index >= 15 is 0 Å². The van der Waals surface area contributed by atoms with Gasteiger partial charge in [-0.1, -0.05) is 36.4 Å². The number of rotatable bonds is 9. The summed E-state index contributed by atoms with van der Waals surface area (Å²) in [4.78, 5) is 29.3. The van der Waals surface area contributed by atoms with Gasteiger partial charge in [-0.25, -0.2) is 4.98 Å². The maximum atomic E-state index is 12.9. The SMILES string of the molecule is CCOC(=O)CC(NC(=O)c1cccc(OCc2csc(C)n2)c1)c1ccccc1. The number of nitrogens with one attached hydrogen (secondary N) is 1. The largest absolute Gasteiger partial charge is 0.487 e. The Bertz CT molecular complexity index is 988. The van der Waals surface area contributed by atoms with Crippen LogP contribution in [0, 0.1) is 6.92 Å². The summed E-state index contributed by atoms with van der Waals surface area (Å²) in [6, 6.07) is 15.8. The number of aromatic nitrogens is 1. The lowest BCUT2D eigenvalue weighted by Gasteiger charge is -2.19. The normalized spacial score (nSPS) is 11.5. The van der Waals surface area contributed by atoms with Gasteiger partial charge < -0.3 is 14.8 Å². The lowest BCUT2D eigenvalue weighted by atomic mass is 10.0. The highest BCUT2D eigenvalue weighted by molar-refractivity contribution is 7.09. The van der Waals surface area contributed by atoms with Gasteiger partial charge in [0.25, 0.3) is 5.91 Å². The van der Waals surface area contributed by atoms with Crippen LogP contribution in [0.15, 0.2) is 60.0 Å². The molecular formula is C23H24N2O4S. The molecule has 1 aromatic heterocycles. The Morgan fingerprint density at radius 2 is 1.93 bits per heavy atom. The van der Waals surface area contributed by atoms with E-state index in [0.717, 1.165) is 16.3 Å². The smallest absolute Gasteiger partial charge is 0.308 e. The zero-order valence-electron chi connectivity index (χ0n) is 17.0. The van der Waals surface area contributed by atoms with Crippen LogP contribution in [0.25, 0.3) is 0 Å². The number of nitrogens with zero attached hydrogens (tertiary/aromatic N) is 1. The van der Waals surface area contributed by atoms with Crippen LogP contribution >= 0.6 is 11.3 Å². The van der Waals surface area contributed by atoms with Crippen molar-refractivity contribution in [1.82, 2.24) is 10.3 Å². The molecule has 3 aromatic rings. The maximum absolute atomic E-state index is 12.9. The molecule has 0 aliphatic carbocycles. The van der Waals surface area contributed by atoms with Crippen molar-refractivity contribution in [2.24, 2.45) is 0 Å². The summed E-state index contributed by atoms with van der Waals surface area (Å²) in [5, 5.41) is 5.87. The van der Waals surface area contributed by atoms with Gasteiger partial charge in [0, 0.05) is 10.9 Å². The molecule has 156 valence electrons. The molecule has 0 spiro atoms. The van der Waals surface area contributed by atoms with E-state index in [9.17, 15) is 9.59 Å². The van der Waals surface area contributed by atoms with E-state index in [1.165, 1.54) is 0 Å². The predicted molar refractivity (Wildman–Crippen MR) is 116 cm³/mol.